The second-order valence-electron chi connectivity index (χ2n) is 7.07. The van der Waals surface area contributed by atoms with Crippen LogP contribution in [-0.2, 0) is 9.53 Å². The number of esters is 1. The molecular weight excluding hydrogens is 306 g/mol. The molecule has 2 N–H and O–H groups in total. The Morgan fingerprint density at radius 2 is 2.00 bits per heavy atom. The van der Waals surface area contributed by atoms with Crippen molar-refractivity contribution in [3.05, 3.63) is 23.8 Å². The lowest BCUT2D eigenvalue weighted by atomic mass is 9.80. The van der Waals surface area contributed by atoms with Gasteiger partial charge in [0.1, 0.15) is 6.10 Å². The molecule has 2 rings (SSSR count). The average molecular weight is 337 g/mol. The van der Waals surface area contributed by atoms with E-state index in [0.29, 0.717) is 31.4 Å². The first kappa shape index (κ1) is 19.2. The summed E-state index contributed by atoms with van der Waals surface area (Å²) in [5.74, 6) is -0.892. The van der Waals surface area contributed by atoms with E-state index >= 15 is 0 Å². The van der Waals surface area contributed by atoms with Crippen molar-refractivity contribution >= 4 is 5.97 Å². The van der Waals surface area contributed by atoms with Crippen LogP contribution < -0.4 is 0 Å². The van der Waals surface area contributed by atoms with E-state index in [4.69, 9.17) is 4.74 Å². The summed E-state index contributed by atoms with van der Waals surface area (Å²) in [7, 11) is 0. The molecule has 5 atom stereocenters. The van der Waals surface area contributed by atoms with Crippen LogP contribution in [0.15, 0.2) is 23.8 Å². The molecule has 0 bridgehead atoms. The van der Waals surface area contributed by atoms with Gasteiger partial charge in [0.15, 0.2) is 0 Å². The zero-order valence-corrected chi connectivity index (χ0v) is 15.1. The van der Waals surface area contributed by atoms with Crippen molar-refractivity contribution in [1.29, 1.82) is 0 Å². The molecule has 1 heterocycles. The Labute approximate surface area is 145 Å². The summed E-state index contributed by atoms with van der Waals surface area (Å²) in [6.45, 7) is 12.3. The van der Waals surface area contributed by atoms with Crippen molar-refractivity contribution in [1.82, 2.24) is 4.90 Å². The maximum Gasteiger partial charge on any atom is 0.311 e. The SMILES string of the molecule is C=C1C[C@@H]2OC(=O)[C@H](CN(CC)CC)[C@H]2[C@H](O)/C=C(\C)CC[C@@H]1O. The minimum Gasteiger partial charge on any atom is -0.461 e. The first-order chi connectivity index (χ1) is 11.4. The highest BCUT2D eigenvalue weighted by Gasteiger charge is 2.48. The van der Waals surface area contributed by atoms with Gasteiger partial charge in [-0.25, -0.2) is 0 Å². The van der Waals surface area contributed by atoms with Gasteiger partial charge < -0.3 is 19.8 Å². The van der Waals surface area contributed by atoms with Crippen LogP contribution in [0.25, 0.3) is 0 Å². The Kier molecular flexibility index (Phi) is 6.61. The van der Waals surface area contributed by atoms with Gasteiger partial charge in [0.05, 0.1) is 18.1 Å². The van der Waals surface area contributed by atoms with Gasteiger partial charge in [-0.2, -0.15) is 0 Å². The molecule has 2 aliphatic rings. The Hall–Kier alpha value is -1.17. The van der Waals surface area contributed by atoms with Crippen LogP contribution in [0.1, 0.15) is 40.0 Å². The Balaban J connectivity index is 2.29. The van der Waals surface area contributed by atoms with Crippen molar-refractivity contribution < 1.29 is 19.7 Å². The van der Waals surface area contributed by atoms with Crippen LogP contribution in [-0.4, -0.2) is 59.0 Å². The maximum atomic E-state index is 12.4. The molecule has 0 saturated carbocycles. The fourth-order valence-corrected chi connectivity index (χ4v) is 3.77. The molecule has 0 aromatic heterocycles. The topological polar surface area (TPSA) is 70.0 Å². The van der Waals surface area contributed by atoms with Gasteiger partial charge in [-0.15, -0.1) is 0 Å². The van der Waals surface area contributed by atoms with Gasteiger partial charge in [0.2, 0.25) is 0 Å². The number of hydrogen-bond donors (Lipinski definition) is 2. The highest BCUT2D eigenvalue weighted by atomic mass is 16.6. The smallest absolute Gasteiger partial charge is 0.311 e. The highest BCUT2D eigenvalue weighted by Crippen LogP contribution is 2.37. The summed E-state index contributed by atoms with van der Waals surface area (Å²) in [6.07, 6.45) is 1.81. The largest absolute Gasteiger partial charge is 0.461 e. The molecule has 0 amide bonds. The number of aliphatic hydroxyl groups is 2. The number of carbonyl (C=O) groups excluding carboxylic acids is 1. The minimum absolute atomic E-state index is 0.247. The molecule has 0 aromatic carbocycles. The van der Waals surface area contributed by atoms with Crippen LogP contribution in [0.3, 0.4) is 0 Å². The zero-order chi connectivity index (χ0) is 17.9. The first-order valence-electron chi connectivity index (χ1n) is 9.01. The van der Waals surface area contributed by atoms with Gasteiger partial charge >= 0.3 is 5.97 Å². The molecule has 24 heavy (non-hydrogen) atoms. The van der Waals surface area contributed by atoms with E-state index in [-0.39, 0.29) is 17.8 Å². The monoisotopic (exact) mass is 337 g/mol. The lowest BCUT2D eigenvalue weighted by Crippen LogP contribution is -2.40. The van der Waals surface area contributed by atoms with E-state index < -0.39 is 18.3 Å². The summed E-state index contributed by atoms with van der Waals surface area (Å²) in [6, 6.07) is 0. The Morgan fingerprint density at radius 1 is 1.33 bits per heavy atom. The number of nitrogens with zero attached hydrogens (tertiary/aromatic N) is 1. The van der Waals surface area contributed by atoms with E-state index in [0.717, 1.165) is 18.7 Å². The standard InChI is InChI=1S/C19H31NO4/c1-5-20(6-2)11-14-18-16(22)9-12(3)7-8-15(21)13(4)10-17(18)24-19(14)23/h9,14-18,21-22H,4-8,10-11H2,1-3H3/b12-9+/t14-,15+,16-,17+,18+/m1/s1. The third kappa shape index (κ3) is 4.26. The Morgan fingerprint density at radius 3 is 2.62 bits per heavy atom. The van der Waals surface area contributed by atoms with Crippen molar-refractivity contribution in [3.63, 3.8) is 0 Å². The summed E-state index contributed by atoms with van der Waals surface area (Å²) < 4.78 is 5.60. The third-order valence-corrected chi connectivity index (χ3v) is 5.41. The number of allylic oxidation sites excluding steroid dienone is 1. The maximum absolute atomic E-state index is 12.4. The molecule has 1 aliphatic carbocycles. The number of hydrogen-bond acceptors (Lipinski definition) is 5. The molecule has 1 saturated heterocycles. The second-order valence-corrected chi connectivity index (χ2v) is 7.07. The summed E-state index contributed by atoms with van der Waals surface area (Å²) in [5.41, 5.74) is 1.71. The van der Waals surface area contributed by atoms with Gasteiger partial charge in [-0.1, -0.05) is 32.1 Å². The number of fused-ring (bicyclic) bond motifs is 1. The fraction of sp³-hybridized carbons (Fsp3) is 0.737. The number of ether oxygens (including phenoxy) is 1. The summed E-state index contributed by atoms with van der Waals surface area (Å²) in [5, 5.41) is 21.0. The lowest BCUT2D eigenvalue weighted by molar-refractivity contribution is -0.144. The van der Waals surface area contributed by atoms with Gasteiger partial charge in [0, 0.05) is 18.9 Å². The molecule has 0 radical (unpaired) electrons. The van der Waals surface area contributed by atoms with E-state index in [1.807, 2.05) is 13.0 Å². The molecule has 0 unspecified atom stereocenters. The predicted molar refractivity (Wildman–Crippen MR) is 93.4 cm³/mol. The van der Waals surface area contributed by atoms with Gasteiger partial charge in [-0.3, -0.25) is 4.79 Å². The summed E-state index contributed by atoms with van der Waals surface area (Å²) in [4.78, 5) is 14.6. The molecule has 5 nitrogen and oxygen atoms in total. The quantitative estimate of drug-likeness (QED) is 0.606. The molecule has 136 valence electrons. The van der Waals surface area contributed by atoms with Crippen LogP contribution in [0.5, 0.6) is 0 Å². The fourth-order valence-electron chi connectivity index (χ4n) is 3.77. The third-order valence-electron chi connectivity index (χ3n) is 5.41. The molecule has 5 heteroatoms. The second kappa shape index (κ2) is 8.28. The number of rotatable bonds is 4. The van der Waals surface area contributed by atoms with E-state index in [1.165, 1.54) is 0 Å². The normalized spacial score (nSPS) is 36.9. The van der Waals surface area contributed by atoms with Gasteiger partial charge in [0.25, 0.3) is 0 Å². The van der Waals surface area contributed by atoms with Crippen molar-refractivity contribution in [2.45, 2.75) is 58.3 Å². The lowest BCUT2D eigenvalue weighted by Gasteiger charge is -2.29. The van der Waals surface area contributed by atoms with Crippen molar-refractivity contribution in [2.75, 3.05) is 19.6 Å². The Bertz CT molecular complexity index is 498. The van der Waals surface area contributed by atoms with Crippen LogP contribution in [0.4, 0.5) is 0 Å². The predicted octanol–water partition coefficient (Wildman–Crippen LogP) is 1.89. The van der Waals surface area contributed by atoms with E-state index in [9.17, 15) is 15.0 Å². The average Bonchev–Trinajstić information content (AvgIpc) is 2.84. The van der Waals surface area contributed by atoms with Crippen LogP contribution in [0.2, 0.25) is 0 Å². The zero-order valence-electron chi connectivity index (χ0n) is 15.1. The first-order valence-corrected chi connectivity index (χ1v) is 9.01. The van der Waals surface area contributed by atoms with Crippen LogP contribution >= 0.6 is 0 Å². The number of aliphatic hydroxyl groups excluding tert-OH is 2. The van der Waals surface area contributed by atoms with Crippen LogP contribution in [0, 0.1) is 11.8 Å². The molecule has 0 spiro atoms. The van der Waals surface area contributed by atoms with Crippen molar-refractivity contribution in [2.24, 2.45) is 11.8 Å². The molecule has 1 aliphatic heterocycles. The van der Waals surface area contributed by atoms with Crippen molar-refractivity contribution in [3.8, 4) is 0 Å². The molecule has 0 aromatic rings. The highest BCUT2D eigenvalue weighted by molar-refractivity contribution is 5.76. The minimum atomic E-state index is -0.718. The molecular formula is C19H31NO4. The van der Waals surface area contributed by atoms with E-state index in [1.54, 1.807) is 0 Å². The summed E-state index contributed by atoms with van der Waals surface area (Å²) >= 11 is 0. The van der Waals surface area contributed by atoms with E-state index in [2.05, 4.69) is 25.3 Å². The molecule has 1 fully saturated rings. The van der Waals surface area contributed by atoms with Gasteiger partial charge in [-0.05, 0) is 38.4 Å². The number of carbonyl (C=O) groups is 1.